The van der Waals surface area contributed by atoms with Gasteiger partial charge in [0.05, 0.1) is 11.4 Å². The van der Waals surface area contributed by atoms with Crippen molar-refractivity contribution in [3.8, 4) is 0 Å². The summed E-state index contributed by atoms with van der Waals surface area (Å²) in [6.45, 7) is 2.30. The van der Waals surface area contributed by atoms with Gasteiger partial charge in [-0.25, -0.2) is 4.39 Å². The van der Waals surface area contributed by atoms with Crippen molar-refractivity contribution in [3.05, 3.63) is 24.0 Å². The molecule has 1 aromatic rings. The lowest BCUT2D eigenvalue weighted by Crippen LogP contribution is -2.44. The minimum Gasteiger partial charge on any atom is -0.395 e. The molecular weight excluding hydrogens is 289 g/mol. The Morgan fingerprint density at radius 3 is 2.30 bits per heavy atom. The van der Waals surface area contributed by atoms with E-state index >= 15 is 0 Å². The number of anilines is 2. The SMILES string of the molecule is Nc1c(F)cccc1NC1CCN(C2CCCCCCC2)CC1. The molecule has 0 amide bonds. The third-order valence-corrected chi connectivity index (χ3v) is 5.53. The van der Waals surface area contributed by atoms with Crippen molar-refractivity contribution in [2.45, 2.75) is 69.9 Å². The molecule has 2 fully saturated rings. The number of piperidine rings is 1. The summed E-state index contributed by atoms with van der Waals surface area (Å²) in [6.07, 6.45) is 12.0. The van der Waals surface area contributed by atoms with Gasteiger partial charge in [-0.2, -0.15) is 0 Å². The summed E-state index contributed by atoms with van der Waals surface area (Å²) < 4.78 is 13.5. The van der Waals surface area contributed by atoms with Gasteiger partial charge in [0.25, 0.3) is 0 Å². The molecule has 3 N–H and O–H groups in total. The number of nitrogen functional groups attached to an aromatic ring is 1. The molecule has 1 heterocycles. The number of hydrogen-bond donors (Lipinski definition) is 2. The summed E-state index contributed by atoms with van der Waals surface area (Å²) in [4.78, 5) is 2.69. The number of rotatable bonds is 3. The van der Waals surface area contributed by atoms with Crippen molar-refractivity contribution < 1.29 is 4.39 Å². The van der Waals surface area contributed by atoms with E-state index in [4.69, 9.17) is 5.73 Å². The van der Waals surface area contributed by atoms with E-state index in [1.54, 1.807) is 6.07 Å². The van der Waals surface area contributed by atoms with Crippen LogP contribution in [0.2, 0.25) is 0 Å². The van der Waals surface area contributed by atoms with Crippen molar-refractivity contribution in [2.24, 2.45) is 0 Å². The Morgan fingerprint density at radius 1 is 0.957 bits per heavy atom. The maximum absolute atomic E-state index is 13.5. The second-order valence-corrected chi connectivity index (χ2v) is 7.15. The molecule has 0 unspecified atom stereocenters. The molecule has 4 heteroatoms. The summed E-state index contributed by atoms with van der Waals surface area (Å²) >= 11 is 0. The van der Waals surface area contributed by atoms with Crippen LogP contribution in [0, 0.1) is 5.82 Å². The number of nitrogens with two attached hydrogens (primary N) is 1. The van der Waals surface area contributed by atoms with Crippen LogP contribution in [-0.4, -0.2) is 30.1 Å². The molecule has 1 aromatic carbocycles. The van der Waals surface area contributed by atoms with E-state index in [1.165, 1.54) is 51.0 Å². The lowest BCUT2D eigenvalue weighted by Gasteiger charge is -2.39. The normalized spacial score (nSPS) is 22.5. The molecule has 1 saturated heterocycles. The fourth-order valence-electron chi connectivity index (χ4n) is 4.09. The predicted octanol–water partition coefficient (Wildman–Crippen LogP) is 4.40. The number of likely N-dealkylation sites (tertiary alicyclic amines) is 1. The second kappa shape index (κ2) is 8.00. The van der Waals surface area contributed by atoms with Crippen LogP contribution in [0.25, 0.3) is 0 Å². The lowest BCUT2D eigenvalue weighted by atomic mass is 9.93. The van der Waals surface area contributed by atoms with Gasteiger partial charge in [0, 0.05) is 25.2 Å². The van der Waals surface area contributed by atoms with Gasteiger partial charge in [0.2, 0.25) is 0 Å². The summed E-state index contributed by atoms with van der Waals surface area (Å²) in [5.41, 5.74) is 6.82. The number of nitrogens with one attached hydrogen (secondary N) is 1. The monoisotopic (exact) mass is 319 g/mol. The van der Waals surface area contributed by atoms with Crippen LogP contribution >= 0.6 is 0 Å². The highest BCUT2D eigenvalue weighted by atomic mass is 19.1. The maximum atomic E-state index is 13.5. The Bertz CT molecular complexity index is 489. The molecule has 0 spiro atoms. The minimum absolute atomic E-state index is 0.245. The fraction of sp³-hybridized carbons (Fsp3) is 0.684. The fourth-order valence-corrected chi connectivity index (χ4v) is 4.09. The molecule has 23 heavy (non-hydrogen) atoms. The van der Waals surface area contributed by atoms with Crippen molar-refractivity contribution in [1.29, 1.82) is 0 Å². The van der Waals surface area contributed by atoms with Crippen LogP contribution < -0.4 is 11.1 Å². The van der Waals surface area contributed by atoms with Crippen LogP contribution in [-0.2, 0) is 0 Å². The van der Waals surface area contributed by atoms with E-state index in [9.17, 15) is 4.39 Å². The zero-order valence-electron chi connectivity index (χ0n) is 14.1. The molecule has 1 saturated carbocycles. The molecule has 0 bridgehead atoms. The average molecular weight is 319 g/mol. The third kappa shape index (κ3) is 4.37. The van der Waals surface area contributed by atoms with Gasteiger partial charge in [-0.3, -0.25) is 0 Å². The molecule has 0 atom stereocenters. The number of halogens is 1. The highest BCUT2D eigenvalue weighted by Crippen LogP contribution is 2.27. The highest BCUT2D eigenvalue weighted by Gasteiger charge is 2.25. The predicted molar refractivity (Wildman–Crippen MR) is 95.1 cm³/mol. The minimum atomic E-state index is -0.332. The van der Waals surface area contributed by atoms with Gasteiger partial charge in [-0.15, -0.1) is 0 Å². The topological polar surface area (TPSA) is 41.3 Å². The maximum Gasteiger partial charge on any atom is 0.148 e. The lowest BCUT2D eigenvalue weighted by molar-refractivity contribution is 0.133. The van der Waals surface area contributed by atoms with E-state index in [1.807, 2.05) is 6.07 Å². The van der Waals surface area contributed by atoms with Crippen LogP contribution in [0.3, 0.4) is 0 Å². The average Bonchev–Trinajstić information content (AvgIpc) is 2.53. The first kappa shape index (κ1) is 16.6. The zero-order chi connectivity index (χ0) is 16.1. The number of nitrogens with zero attached hydrogens (tertiary/aromatic N) is 1. The van der Waals surface area contributed by atoms with Crippen molar-refractivity contribution in [3.63, 3.8) is 0 Å². The highest BCUT2D eigenvalue weighted by molar-refractivity contribution is 5.66. The molecule has 1 aliphatic heterocycles. The van der Waals surface area contributed by atoms with Gasteiger partial charge in [-0.05, 0) is 37.8 Å². The van der Waals surface area contributed by atoms with Gasteiger partial charge in [0.15, 0.2) is 0 Å². The van der Waals surface area contributed by atoms with Crippen molar-refractivity contribution in [1.82, 2.24) is 4.90 Å². The Balaban J connectivity index is 1.50. The quantitative estimate of drug-likeness (QED) is 0.812. The number of para-hydroxylation sites is 1. The van der Waals surface area contributed by atoms with Gasteiger partial charge in [0.1, 0.15) is 5.82 Å². The standard InChI is InChI=1S/C19H30FN3/c20-17-9-6-10-18(19(17)21)22-15-11-13-23(14-12-15)16-7-4-2-1-3-5-8-16/h6,9-10,15-16,22H,1-5,7-8,11-14,21H2. The first-order valence-corrected chi connectivity index (χ1v) is 9.28. The number of benzene rings is 1. The molecule has 3 nitrogen and oxygen atoms in total. The van der Waals surface area contributed by atoms with Crippen LogP contribution in [0.5, 0.6) is 0 Å². The molecule has 3 rings (SSSR count). The summed E-state index contributed by atoms with van der Waals surface area (Å²) in [5, 5.41) is 3.44. The second-order valence-electron chi connectivity index (χ2n) is 7.15. The Hall–Kier alpha value is -1.29. The molecule has 0 aromatic heterocycles. The van der Waals surface area contributed by atoms with E-state index < -0.39 is 0 Å². The molecule has 1 aliphatic carbocycles. The van der Waals surface area contributed by atoms with Crippen LogP contribution in [0.1, 0.15) is 57.8 Å². The van der Waals surface area contributed by atoms with Gasteiger partial charge in [-0.1, -0.05) is 38.2 Å². The molecule has 128 valence electrons. The molecule has 2 aliphatic rings. The van der Waals surface area contributed by atoms with E-state index in [0.717, 1.165) is 37.7 Å². The van der Waals surface area contributed by atoms with Crippen molar-refractivity contribution >= 4 is 11.4 Å². The number of hydrogen-bond acceptors (Lipinski definition) is 3. The molecular formula is C19H30FN3. The van der Waals surface area contributed by atoms with E-state index in [-0.39, 0.29) is 11.5 Å². The van der Waals surface area contributed by atoms with Crippen molar-refractivity contribution in [2.75, 3.05) is 24.1 Å². The first-order valence-electron chi connectivity index (χ1n) is 9.28. The third-order valence-electron chi connectivity index (χ3n) is 5.53. The Morgan fingerprint density at radius 2 is 1.61 bits per heavy atom. The van der Waals surface area contributed by atoms with Gasteiger partial charge < -0.3 is 16.0 Å². The van der Waals surface area contributed by atoms with Crippen LogP contribution in [0.4, 0.5) is 15.8 Å². The summed E-state index contributed by atoms with van der Waals surface area (Å²) in [6, 6.07) is 6.20. The van der Waals surface area contributed by atoms with E-state index in [0.29, 0.717) is 6.04 Å². The molecule has 0 radical (unpaired) electrons. The first-order chi connectivity index (χ1) is 11.2. The smallest absolute Gasteiger partial charge is 0.148 e. The Labute approximate surface area is 139 Å². The summed E-state index contributed by atoms with van der Waals surface area (Å²) in [7, 11) is 0. The summed E-state index contributed by atoms with van der Waals surface area (Å²) in [5.74, 6) is -0.332. The van der Waals surface area contributed by atoms with Crippen LogP contribution in [0.15, 0.2) is 18.2 Å². The largest absolute Gasteiger partial charge is 0.395 e. The van der Waals surface area contributed by atoms with E-state index in [2.05, 4.69) is 10.2 Å². The zero-order valence-corrected chi connectivity index (χ0v) is 14.1. The van der Waals surface area contributed by atoms with Gasteiger partial charge >= 0.3 is 0 Å². The Kier molecular flexibility index (Phi) is 5.76.